The monoisotopic (exact) mass is 212 g/mol. The van der Waals surface area contributed by atoms with Crippen LogP contribution in [-0.4, -0.2) is 5.78 Å². The van der Waals surface area contributed by atoms with Crippen LogP contribution in [0.4, 0.5) is 0 Å². The van der Waals surface area contributed by atoms with Gasteiger partial charge in [0.25, 0.3) is 0 Å². The molecular formula is C14H28O. The molecule has 1 nitrogen and oxygen atoms in total. The quantitative estimate of drug-likeness (QED) is 0.574. The van der Waals surface area contributed by atoms with Crippen LogP contribution in [0.5, 0.6) is 0 Å². The molecule has 0 bridgehead atoms. The lowest BCUT2D eigenvalue weighted by Gasteiger charge is -2.34. The Morgan fingerprint density at radius 1 is 1.20 bits per heavy atom. The van der Waals surface area contributed by atoms with Gasteiger partial charge in [-0.15, -0.1) is 0 Å². The van der Waals surface area contributed by atoms with Gasteiger partial charge in [0.15, 0.2) is 0 Å². The van der Waals surface area contributed by atoms with Crippen molar-refractivity contribution in [2.75, 3.05) is 0 Å². The van der Waals surface area contributed by atoms with E-state index in [4.69, 9.17) is 0 Å². The van der Waals surface area contributed by atoms with Gasteiger partial charge in [-0.3, -0.25) is 4.79 Å². The number of hydrogen-bond acceptors (Lipinski definition) is 1. The molecule has 1 heteroatoms. The van der Waals surface area contributed by atoms with E-state index in [2.05, 4.69) is 27.7 Å². The van der Waals surface area contributed by atoms with Crippen LogP contribution < -0.4 is 0 Å². The zero-order valence-electron chi connectivity index (χ0n) is 11.2. The molecule has 0 aromatic heterocycles. The molecule has 0 heterocycles. The van der Waals surface area contributed by atoms with E-state index >= 15 is 0 Å². The predicted molar refractivity (Wildman–Crippen MR) is 67.0 cm³/mol. The molecule has 0 radical (unpaired) electrons. The maximum atomic E-state index is 11.3. The molecular weight excluding hydrogens is 184 g/mol. The van der Waals surface area contributed by atoms with Gasteiger partial charge in [0.05, 0.1) is 0 Å². The zero-order valence-corrected chi connectivity index (χ0v) is 11.2. The molecule has 0 saturated heterocycles. The van der Waals surface area contributed by atoms with E-state index in [9.17, 15) is 4.79 Å². The van der Waals surface area contributed by atoms with E-state index in [-0.39, 0.29) is 5.92 Å². The van der Waals surface area contributed by atoms with E-state index in [1.54, 1.807) is 6.92 Å². The molecule has 0 rings (SSSR count). The molecule has 0 aliphatic heterocycles. The van der Waals surface area contributed by atoms with E-state index in [0.717, 1.165) is 6.42 Å². The normalized spacial score (nSPS) is 13.9. The molecule has 0 aromatic rings. The van der Waals surface area contributed by atoms with Gasteiger partial charge in [-0.2, -0.15) is 0 Å². The summed E-state index contributed by atoms with van der Waals surface area (Å²) in [6.45, 7) is 10.6. The average molecular weight is 212 g/mol. The molecule has 0 aromatic carbocycles. The third-order valence-electron chi connectivity index (χ3n) is 3.99. The fraction of sp³-hybridized carbons (Fsp3) is 0.929. The minimum Gasteiger partial charge on any atom is -0.300 e. The highest BCUT2D eigenvalue weighted by Crippen LogP contribution is 2.39. The van der Waals surface area contributed by atoms with Crippen LogP contribution in [0.3, 0.4) is 0 Å². The molecule has 0 amide bonds. The SMILES string of the molecule is CCCCC(CC)(CC)CC(C)C(C)=O. The fourth-order valence-corrected chi connectivity index (χ4v) is 2.34. The number of hydrogen-bond donors (Lipinski definition) is 0. The van der Waals surface area contributed by atoms with Crippen LogP contribution in [0, 0.1) is 11.3 Å². The standard InChI is InChI=1S/C14H28O/c1-6-9-10-14(7-2,8-3)11-12(4)13(5)15/h12H,6-11H2,1-5H3. The van der Waals surface area contributed by atoms with Crippen LogP contribution in [0.15, 0.2) is 0 Å². The summed E-state index contributed by atoms with van der Waals surface area (Å²) in [5, 5.41) is 0. The third kappa shape index (κ3) is 4.81. The van der Waals surface area contributed by atoms with Crippen molar-refractivity contribution in [3.05, 3.63) is 0 Å². The van der Waals surface area contributed by atoms with Crippen molar-refractivity contribution in [3.63, 3.8) is 0 Å². The first-order valence-corrected chi connectivity index (χ1v) is 6.51. The number of carbonyl (C=O) groups excluding carboxylic acids is 1. The first kappa shape index (κ1) is 14.7. The molecule has 0 saturated carbocycles. The predicted octanol–water partition coefficient (Wildman–Crippen LogP) is 4.60. The van der Waals surface area contributed by atoms with Crippen LogP contribution in [0.2, 0.25) is 0 Å². The lowest BCUT2D eigenvalue weighted by Crippen LogP contribution is -2.24. The van der Waals surface area contributed by atoms with Gasteiger partial charge in [0, 0.05) is 5.92 Å². The Labute approximate surface area is 95.6 Å². The summed E-state index contributed by atoms with van der Waals surface area (Å²) in [5.41, 5.74) is 0.418. The van der Waals surface area contributed by atoms with Crippen LogP contribution in [0.25, 0.3) is 0 Å². The van der Waals surface area contributed by atoms with Crippen molar-refractivity contribution in [1.29, 1.82) is 0 Å². The topological polar surface area (TPSA) is 17.1 Å². The third-order valence-corrected chi connectivity index (χ3v) is 3.99. The van der Waals surface area contributed by atoms with Gasteiger partial charge in [-0.25, -0.2) is 0 Å². The molecule has 0 aliphatic carbocycles. The molecule has 0 fully saturated rings. The molecule has 90 valence electrons. The summed E-state index contributed by atoms with van der Waals surface area (Å²) >= 11 is 0. The van der Waals surface area contributed by atoms with Gasteiger partial charge in [0.2, 0.25) is 0 Å². The molecule has 0 spiro atoms. The largest absolute Gasteiger partial charge is 0.300 e. The maximum Gasteiger partial charge on any atom is 0.132 e. The molecule has 0 aliphatic rings. The fourth-order valence-electron chi connectivity index (χ4n) is 2.34. The Morgan fingerprint density at radius 3 is 2.07 bits per heavy atom. The summed E-state index contributed by atoms with van der Waals surface area (Å²) in [6.07, 6.45) is 7.34. The molecule has 1 unspecified atom stereocenters. The maximum absolute atomic E-state index is 11.3. The van der Waals surface area contributed by atoms with Gasteiger partial charge in [0.1, 0.15) is 5.78 Å². The Morgan fingerprint density at radius 2 is 1.73 bits per heavy atom. The highest BCUT2D eigenvalue weighted by atomic mass is 16.1. The first-order chi connectivity index (χ1) is 7.01. The van der Waals surface area contributed by atoms with Gasteiger partial charge >= 0.3 is 0 Å². The Bertz CT molecular complexity index is 180. The molecule has 1 atom stereocenters. The van der Waals surface area contributed by atoms with Crippen molar-refractivity contribution in [2.24, 2.45) is 11.3 Å². The second-order valence-corrected chi connectivity index (χ2v) is 5.03. The summed E-state index contributed by atoms with van der Waals surface area (Å²) in [5.74, 6) is 0.583. The number of ketones is 1. The Kier molecular flexibility index (Phi) is 6.87. The van der Waals surface area contributed by atoms with Gasteiger partial charge in [-0.05, 0) is 25.2 Å². The second-order valence-electron chi connectivity index (χ2n) is 5.03. The van der Waals surface area contributed by atoms with Crippen LogP contribution in [0.1, 0.15) is 73.1 Å². The highest BCUT2D eigenvalue weighted by molar-refractivity contribution is 5.77. The van der Waals surface area contributed by atoms with Crippen molar-refractivity contribution in [2.45, 2.75) is 73.1 Å². The van der Waals surface area contributed by atoms with Crippen molar-refractivity contribution < 1.29 is 4.79 Å². The lowest BCUT2D eigenvalue weighted by molar-refractivity contribution is -0.121. The number of unbranched alkanes of at least 4 members (excludes halogenated alkanes) is 1. The average Bonchev–Trinajstić information content (AvgIpc) is 2.24. The van der Waals surface area contributed by atoms with Crippen LogP contribution >= 0.6 is 0 Å². The van der Waals surface area contributed by atoms with E-state index in [0.29, 0.717) is 11.2 Å². The van der Waals surface area contributed by atoms with Gasteiger partial charge in [-0.1, -0.05) is 53.4 Å². The summed E-state index contributed by atoms with van der Waals surface area (Å²) < 4.78 is 0. The Hall–Kier alpha value is -0.330. The zero-order chi connectivity index (χ0) is 11.9. The highest BCUT2D eigenvalue weighted by Gasteiger charge is 2.28. The molecule has 15 heavy (non-hydrogen) atoms. The molecule has 0 N–H and O–H groups in total. The van der Waals surface area contributed by atoms with Crippen molar-refractivity contribution in [1.82, 2.24) is 0 Å². The Balaban J connectivity index is 4.41. The summed E-state index contributed by atoms with van der Waals surface area (Å²) in [4.78, 5) is 11.3. The van der Waals surface area contributed by atoms with Gasteiger partial charge < -0.3 is 0 Å². The number of rotatable bonds is 8. The minimum atomic E-state index is 0.238. The lowest BCUT2D eigenvalue weighted by atomic mass is 9.71. The van der Waals surface area contributed by atoms with Crippen LogP contribution in [-0.2, 0) is 4.79 Å². The van der Waals surface area contributed by atoms with E-state index in [1.807, 2.05) is 0 Å². The van der Waals surface area contributed by atoms with Crippen molar-refractivity contribution in [3.8, 4) is 0 Å². The number of carbonyl (C=O) groups is 1. The summed E-state index contributed by atoms with van der Waals surface area (Å²) in [7, 11) is 0. The van der Waals surface area contributed by atoms with E-state index < -0.39 is 0 Å². The van der Waals surface area contributed by atoms with Crippen molar-refractivity contribution >= 4 is 5.78 Å². The smallest absolute Gasteiger partial charge is 0.132 e. The minimum absolute atomic E-state index is 0.238. The number of Topliss-reactive ketones (excluding diaryl/α,β-unsaturated/α-hetero) is 1. The first-order valence-electron chi connectivity index (χ1n) is 6.51. The summed E-state index contributed by atoms with van der Waals surface area (Å²) in [6, 6.07) is 0. The van der Waals surface area contributed by atoms with E-state index in [1.165, 1.54) is 32.1 Å². The second kappa shape index (κ2) is 7.03.